The molecule has 0 aliphatic heterocycles. The van der Waals surface area contributed by atoms with E-state index in [9.17, 15) is 13.2 Å². The third-order valence-electron chi connectivity index (χ3n) is 2.11. The van der Waals surface area contributed by atoms with Gasteiger partial charge in [0.05, 0.1) is 11.8 Å². The standard InChI is InChI=1S/C10H23N3O3S/c1-5-8(6-11)17(15,16)12-7-9(14)13-10(2,3)4/h8,12H,5-7,11H2,1-4H3,(H,13,14). The highest BCUT2D eigenvalue weighted by atomic mass is 32.2. The maximum atomic E-state index is 11.7. The van der Waals surface area contributed by atoms with Crippen molar-refractivity contribution in [3.8, 4) is 0 Å². The Morgan fingerprint density at radius 2 is 1.88 bits per heavy atom. The van der Waals surface area contributed by atoms with Crippen LogP contribution in [0.25, 0.3) is 0 Å². The lowest BCUT2D eigenvalue weighted by molar-refractivity contribution is -0.121. The van der Waals surface area contributed by atoms with Gasteiger partial charge < -0.3 is 11.1 Å². The lowest BCUT2D eigenvalue weighted by Crippen LogP contribution is -2.48. The van der Waals surface area contributed by atoms with Crippen LogP contribution >= 0.6 is 0 Å². The number of carbonyl (C=O) groups is 1. The van der Waals surface area contributed by atoms with Gasteiger partial charge in [-0.1, -0.05) is 6.92 Å². The molecule has 0 aromatic carbocycles. The molecule has 0 aromatic heterocycles. The van der Waals surface area contributed by atoms with Gasteiger partial charge >= 0.3 is 0 Å². The van der Waals surface area contributed by atoms with Crippen molar-refractivity contribution in [1.29, 1.82) is 0 Å². The van der Waals surface area contributed by atoms with Crippen LogP contribution in [0.1, 0.15) is 34.1 Å². The highest BCUT2D eigenvalue weighted by Crippen LogP contribution is 2.02. The summed E-state index contributed by atoms with van der Waals surface area (Å²) in [6.45, 7) is 7.02. The van der Waals surface area contributed by atoms with Gasteiger partial charge in [0.15, 0.2) is 0 Å². The molecule has 102 valence electrons. The molecule has 0 saturated carbocycles. The van der Waals surface area contributed by atoms with Crippen molar-refractivity contribution in [2.24, 2.45) is 5.73 Å². The summed E-state index contributed by atoms with van der Waals surface area (Å²) >= 11 is 0. The van der Waals surface area contributed by atoms with Crippen molar-refractivity contribution in [1.82, 2.24) is 10.0 Å². The van der Waals surface area contributed by atoms with Gasteiger partial charge in [-0.15, -0.1) is 0 Å². The second-order valence-corrected chi connectivity index (χ2v) is 6.98. The van der Waals surface area contributed by atoms with E-state index in [1.54, 1.807) is 6.92 Å². The Morgan fingerprint density at radius 1 is 1.35 bits per heavy atom. The largest absolute Gasteiger partial charge is 0.350 e. The summed E-state index contributed by atoms with van der Waals surface area (Å²) in [5, 5.41) is 2.02. The fourth-order valence-corrected chi connectivity index (χ4v) is 2.52. The second-order valence-electron chi connectivity index (χ2n) is 4.93. The van der Waals surface area contributed by atoms with E-state index < -0.39 is 15.3 Å². The van der Waals surface area contributed by atoms with Crippen molar-refractivity contribution in [3.05, 3.63) is 0 Å². The molecule has 6 nitrogen and oxygen atoms in total. The molecule has 4 N–H and O–H groups in total. The van der Waals surface area contributed by atoms with Crippen LogP contribution in [-0.4, -0.2) is 38.2 Å². The molecule has 17 heavy (non-hydrogen) atoms. The summed E-state index contributed by atoms with van der Waals surface area (Å²) in [6, 6.07) is 0. The smallest absolute Gasteiger partial charge is 0.235 e. The minimum absolute atomic E-state index is 0.0483. The zero-order chi connectivity index (χ0) is 13.7. The number of carbonyl (C=O) groups excluding carboxylic acids is 1. The molecule has 0 fully saturated rings. The first-order valence-electron chi connectivity index (χ1n) is 5.62. The molecule has 0 aliphatic rings. The maximum Gasteiger partial charge on any atom is 0.235 e. The van der Waals surface area contributed by atoms with E-state index in [1.807, 2.05) is 20.8 Å². The number of nitrogens with two attached hydrogens (primary N) is 1. The molecule has 0 rings (SSSR count). The number of hydrogen-bond donors (Lipinski definition) is 3. The Labute approximate surface area is 103 Å². The van der Waals surface area contributed by atoms with E-state index in [0.717, 1.165) is 0 Å². The Morgan fingerprint density at radius 3 is 2.24 bits per heavy atom. The number of rotatable bonds is 6. The first-order valence-corrected chi connectivity index (χ1v) is 7.16. The SMILES string of the molecule is CCC(CN)S(=O)(=O)NCC(=O)NC(C)(C)C. The van der Waals surface area contributed by atoms with Crippen LogP contribution in [0.15, 0.2) is 0 Å². The molecule has 0 spiro atoms. The monoisotopic (exact) mass is 265 g/mol. The summed E-state index contributed by atoms with van der Waals surface area (Å²) in [6.07, 6.45) is 0.423. The Hall–Kier alpha value is -0.660. The number of sulfonamides is 1. The van der Waals surface area contributed by atoms with Gasteiger partial charge in [-0.3, -0.25) is 4.79 Å². The average molecular weight is 265 g/mol. The fraction of sp³-hybridized carbons (Fsp3) is 0.900. The van der Waals surface area contributed by atoms with Gasteiger partial charge in [0, 0.05) is 12.1 Å². The third-order valence-corrected chi connectivity index (χ3v) is 4.06. The molecule has 7 heteroatoms. The molecule has 1 unspecified atom stereocenters. The highest BCUT2D eigenvalue weighted by Gasteiger charge is 2.23. The van der Waals surface area contributed by atoms with E-state index in [-0.39, 0.29) is 24.5 Å². The molecule has 0 bridgehead atoms. The van der Waals surface area contributed by atoms with Crippen LogP contribution in [0.2, 0.25) is 0 Å². The van der Waals surface area contributed by atoms with Crippen molar-refractivity contribution in [2.75, 3.05) is 13.1 Å². The first kappa shape index (κ1) is 16.3. The normalized spacial score (nSPS) is 14.4. The first-order chi connectivity index (χ1) is 7.62. The average Bonchev–Trinajstić information content (AvgIpc) is 2.14. The quantitative estimate of drug-likeness (QED) is 0.606. The lowest BCUT2D eigenvalue weighted by Gasteiger charge is -2.21. The minimum Gasteiger partial charge on any atom is -0.350 e. The van der Waals surface area contributed by atoms with E-state index >= 15 is 0 Å². The van der Waals surface area contributed by atoms with Gasteiger partial charge in [-0.25, -0.2) is 13.1 Å². The zero-order valence-corrected chi connectivity index (χ0v) is 11.7. The summed E-state index contributed by atoms with van der Waals surface area (Å²) in [4.78, 5) is 11.4. The van der Waals surface area contributed by atoms with Crippen molar-refractivity contribution in [3.63, 3.8) is 0 Å². The molecule has 0 aromatic rings. The summed E-state index contributed by atoms with van der Waals surface area (Å²) in [5.41, 5.74) is 4.98. The molecular formula is C10H23N3O3S. The third kappa shape index (κ3) is 6.60. The molecule has 0 saturated heterocycles. The Balaban J connectivity index is 4.33. The van der Waals surface area contributed by atoms with Gasteiger partial charge in [0.2, 0.25) is 15.9 Å². The van der Waals surface area contributed by atoms with E-state index in [2.05, 4.69) is 10.0 Å². The van der Waals surface area contributed by atoms with E-state index in [1.165, 1.54) is 0 Å². The van der Waals surface area contributed by atoms with Crippen LogP contribution in [0.4, 0.5) is 0 Å². The van der Waals surface area contributed by atoms with E-state index in [4.69, 9.17) is 5.73 Å². The van der Waals surface area contributed by atoms with Gasteiger partial charge in [-0.05, 0) is 27.2 Å². The molecular weight excluding hydrogens is 242 g/mol. The lowest BCUT2D eigenvalue weighted by atomic mass is 10.1. The number of hydrogen-bond acceptors (Lipinski definition) is 4. The van der Waals surface area contributed by atoms with Crippen molar-refractivity contribution >= 4 is 15.9 Å². The fourth-order valence-electron chi connectivity index (χ4n) is 1.26. The molecule has 1 amide bonds. The van der Waals surface area contributed by atoms with Crippen LogP contribution in [0.5, 0.6) is 0 Å². The van der Waals surface area contributed by atoms with Crippen LogP contribution in [0.3, 0.4) is 0 Å². The summed E-state index contributed by atoms with van der Waals surface area (Å²) in [5.74, 6) is -0.354. The predicted octanol–water partition coefficient (Wildman–Crippen LogP) is -0.442. The predicted molar refractivity (Wildman–Crippen MR) is 68.0 cm³/mol. The second kappa shape index (κ2) is 6.32. The number of nitrogens with one attached hydrogen (secondary N) is 2. The van der Waals surface area contributed by atoms with E-state index in [0.29, 0.717) is 6.42 Å². The molecule has 1 atom stereocenters. The summed E-state index contributed by atoms with van der Waals surface area (Å²) < 4.78 is 25.6. The molecule has 0 radical (unpaired) electrons. The highest BCUT2D eigenvalue weighted by molar-refractivity contribution is 7.90. The molecule has 0 aliphatic carbocycles. The van der Waals surface area contributed by atoms with Gasteiger partial charge in [0.1, 0.15) is 0 Å². The minimum atomic E-state index is -3.51. The Kier molecular flexibility index (Phi) is 6.08. The maximum absolute atomic E-state index is 11.7. The van der Waals surface area contributed by atoms with Crippen LogP contribution in [0, 0.1) is 0 Å². The van der Waals surface area contributed by atoms with Gasteiger partial charge in [-0.2, -0.15) is 0 Å². The Bertz CT molecular complexity index is 342. The van der Waals surface area contributed by atoms with Crippen LogP contribution < -0.4 is 15.8 Å². The van der Waals surface area contributed by atoms with Crippen LogP contribution in [-0.2, 0) is 14.8 Å². The zero-order valence-electron chi connectivity index (χ0n) is 10.9. The van der Waals surface area contributed by atoms with Gasteiger partial charge in [0.25, 0.3) is 0 Å². The van der Waals surface area contributed by atoms with Crippen molar-refractivity contribution in [2.45, 2.75) is 44.9 Å². The summed E-state index contributed by atoms with van der Waals surface area (Å²) in [7, 11) is -3.51. The molecule has 0 heterocycles. The topological polar surface area (TPSA) is 101 Å². The van der Waals surface area contributed by atoms with Crippen molar-refractivity contribution < 1.29 is 13.2 Å². The number of amides is 1.